The summed E-state index contributed by atoms with van der Waals surface area (Å²) >= 11 is 1.50. The third-order valence-corrected chi connectivity index (χ3v) is 3.02. The number of thiazole rings is 1. The Labute approximate surface area is 100 Å². The van der Waals surface area contributed by atoms with Crippen molar-refractivity contribution in [3.63, 3.8) is 0 Å². The van der Waals surface area contributed by atoms with E-state index in [9.17, 15) is 4.79 Å². The van der Waals surface area contributed by atoms with Gasteiger partial charge >= 0.3 is 0 Å². The normalized spacial score (nSPS) is 10.8. The van der Waals surface area contributed by atoms with Crippen molar-refractivity contribution in [1.29, 1.82) is 0 Å². The van der Waals surface area contributed by atoms with E-state index in [1.54, 1.807) is 4.90 Å². The number of aromatic nitrogens is 1. The lowest BCUT2D eigenvalue weighted by Crippen LogP contribution is -2.30. The molecule has 0 saturated carbocycles. The molecule has 0 radical (unpaired) electrons. The minimum atomic E-state index is -0.00628. The van der Waals surface area contributed by atoms with Crippen LogP contribution in [0.5, 0.6) is 0 Å². The molecule has 5 heteroatoms. The van der Waals surface area contributed by atoms with Crippen LogP contribution in [0.15, 0.2) is 5.38 Å². The first-order chi connectivity index (χ1) is 7.54. The van der Waals surface area contributed by atoms with Crippen molar-refractivity contribution in [2.24, 2.45) is 11.7 Å². The summed E-state index contributed by atoms with van der Waals surface area (Å²) in [4.78, 5) is 17.9. The molecule has 0 fully saturated rings. The van der Waals surface area contributed by atoms with Gasteiger partial charge in [-0.05, 0) is 12.5 Å². The molecule has 1 rings (SSSR count). The van der Waals surface area contributed by atoms with Crippen LogP contribution >= 0.6 is 11.3 Å². The van der Waals surface area contributed by atoms with Crippen molar-refractivity contribution in [2.75, 3.05) is 20.1 Å². The molecule has 1 heterocycles. The second-order valence-electron chi connectivity index (χ2n) is 4.24. The number of hydrogen-bond donors (Lipinski definition) is 1. The molecular formula is C11H19N3OS. The van der Waals surface area contributed by atoms with Gasteiger partial charge in [-0.15, -0.1) is 11.3 Å². The molecule has 1 aromatic rings. The quantitative estimate of drug-likeness (QED) is 0.847. The van der Waals surface area contributed by atoms with Crippen LogP contribution in [-0.2, 0) is 6.42 Å². The van der Waals surface area contributed by atoms with E-state index in [2.05, 4.69) is 18.8 Å². The smallest absolute Gasteiger partial charge is 0.273 e. The van der Waals surface area contributed by atoms with Crippen molar-refractivity contribution in [1.82, 2.24) is 9.88 Å². The van der Waals surface area contributed by atoms with Gasteiger partial charge in [-0.2, -0.15) is 0 Å². The van der Waals surface area contributed by atoms with Crippen LogP contribution in [0.1, 0.15) is 29.3 Å². The maximum absolute atomic E-state index is 11.9. The predicted octanol–water partition coefficient (Wildman–Crippen LogP) is 1.37. The summed E-state index contributed by atoms with van der Waals surface area (Å²) < 4.78 is 0. The Bertz CT molecular complexity index is 349. The molecule has 0 aliphatic heterocycles. The summed E-state index contributed by atoms with van der Waals surface area (Å²) in [5.74, 6) is 0.462. The van der Waals surface area contributed by atoms with Gasteiger partial charge in [0.1, 0.15) is 5.69 Å². The van der Waals surface area contributed by atoms with E-state index in [0.717, 1.165) is 18.0 Å². The highest BCUT2D eigenvalue weighted by Gasteiger charge is 2.15. The number of hydrogen-bond acceptors (Lipinski definition) is 4. The summed E-state index contributed by atoms with van der Waals surface area (Å²) in [6.07, 6.45) is 0.742. The number of nitrogens with two attached hydrogens (primary N) is 1. The highest BCUT2D eigenvalue weighted by molar-refractivity contribution is 7.09. The van der Waals surface area contributed by atoms with E-state index in [4.69, 9.17) is 5.73 Å². The van der Waals surface area contributed by atoms with Crippen LogP contribution in [0.25, 0.3) is 0 Å². The molecule has 16 heavy (non-hydrogen) atoms. The lowest BCUT2D eigenvalue weighted by Gasteiger charge is -2.17. The van der Waals surface area contributed by atoms with Gasteiger partial charge in [-0.3, -0.25) is 4.79 Å². The molecule has 1 aromatic heterocycles. The van der Waals surface area contributed by atoms with Gasteiger partial charge in [0, 0.05) is 25.4 Å². The van der Waals surface area contributed by atoms with E-state index in [0.29, 0.717) is 18.2 Å². The molecule has 4 nitrogen and oxygen atoms in total. The van der Waals surface area contributed by atoms with Crippen LogP contribution in [0.3, 0.4) is 0 Å². The standard InChI is InChI=1S/C11H19N3OS/c1-8(2)6-14(3)11(15)9-7-16-10(13-9)4-5-12/h7-8H,4-6,12H2,1-3H3. The summed E-state index contributed by atoms with van der Waals surface area (Å²) in [5, 5.41) is 2.74. The molecular weight excluding hydrogens is 222 g/mol. The molecule has 0 spiro atoms. The maximum atomic E-state index is 11.9. The number of nitrogens with zero attached hydrogens (tertiary/aromatic N) is 2. The Morgan fingerprint density at radius 1 is 1.62 bits per heavy atom. The lowest BCUT2D eigenvalue weighted by molar-refractivity contribution is 0.0774. The van der Waals surface area contributed by atoms with Gasteiger partial charge in [0.2, 0.25) is 0 Å². The fraction of sp³-hybridized carbons (Fsp3) is 0.636. The maximum Gasteiger partial charge on any atom is 0.273 e. The number of carbonyl (C=O) groups is 1. The van der Waals surface area contributed by atoms with Crippen molar-refractivity contribution < 1.29 is 4.79 Å². The van der Waals surface area contributed by atoms with Gasteiger partial charge in [0.25, 0.3) is 5.91 Å². The molecule has 1 amide bonds. The average molecular weight is 241 g/mol. The third-order valence-electron chi connectivity index (χ3n) is 2.11. The first-order valence-electron chi connectivity index (χ1n) is 5.44. The Balaban J connectivity index is 2.64. The summed E-state index contributed by atoms with van der Waals surface area (Å²) in [5.41, 5.74) is 5.98. The van der Waals surface area contributed by atoms with Crippen molar-refractivity contribution in [2.45, 2.75) is 20.3 Å². The first kappa shape index (κ1) is 13.1. The number of amides is 1. The van der Waals surface area contributed by atoms with E-state index < -0.39 is 0 Å². The zero-order valence-corrected chi connectivity index (χ0v) is 10.9. The lowest BCUT2D eigenvalue weighted by atomic mass is 10.2. The first-order valence-corrected chi connectivity index (χ1v) is 6.32. The van der Waals surface area contributed by atoms with Crippen LogP contribution in [-0.4, -0.2) is 35.9 Å². The zero-order chi connectivity index (χ0) is 12.1. The van der Waals surface area contributed by atoms with Gasteiger partial charge in [0.15, 0.2) is 0 Å². The molecule has 0 aliphatic rings. The Morgan fingerprint density at radius 2 is 2.31 bits per heavy atom. The largest absolute Gasteiger partial charge is 0.340 e. The second-order valence-corrected chi connectivity index (χ2v) is 5.19. The van der Waals surface area contributed by atoms with E-state index in [-0.39, 0.29) is 5.91 Å². The number of carbonyl (C=O) groups excluding carboxylic acids is 1. The topological polar surface area (TPSA) is 59.2 Å². The third kappa shape index (κ3) is 3.57. The highest BCUT2D eigenvalue weighted by Crippen LogP contribution is 2.12. The van der Waals surface area contributed by atoms with Crippen molar-refractivity contribution in [3.8, 4) is 0 Å². The van der Waals surface area contributed by atoms with Crippen LogP contribution in [0, 0.1) is 5.92 Å². The van der Waals surface area contributed by atoms with Gasteiger partial charge in [-0.25, -0.2) is 4.98 Å². The number of rotatable bonds is 5. The van der Waals surface area contributed by atoms with Gasteiger partial charge < -0.3 is 10.6 Å². The van der Waals surface area contributed by atoms with Crippen LogP contribution < -0.4 is 5.73 Å². The van der Waals surface area contributed by atoms with Crippen molar-refractivity contribution >= 4 is 17.2 Å². The minimum absolute atomic E-state index is 0.00628. The fourth-order valence-corrected chi connectivity index (χ4v) is 2.26. The Morgan fingerprint density at radius 3 is 2.88 bits per heavy atom. The zero-order valence-electron chi connectivity index (χ0n) is 10.1. The second kappa shape index (κ2) is 5.96. The fourth-order valence-electron chi connectivity index (χ4n) is 1.47. The Hall–Kier alpha value is -0.940. The Kier molecular flexibility index (Phi) is 4.89. The molecule has 90 valence electrons. The SMILES string of the molecule is CC(C)CN(C)C(=O)c1csc(CCN)n1. The van der Waals surface area contributed by atoms with Crippen LogP contribution in [0.2, 0.25) is 0 Å². The molecule has 0 bridgehead atoms. The predicted molar refractivity (Wildman–Crippen MR) is 66.7 cm³/mol. The minimum Gasteiger partial charge on any atom is -0.340 e. The molecule has 0 aliphatic carbocycles. The monoisotopic (exact) mass is 241 g/mol. The summed E-state index contributed by atoms with van der Waals surface area (Å²) in [6, 6.07) is 0. The average Bonchev–Trinajstić information content (AvgIpc) is 2.64. The summed E-state index contributed by atoms with van der Waals surface area (Å²) in [7, 11) is 1.81. The molecule has 0 saturated heterocycles. The van der Waals surface area contributed by atoms with Gasteiger partial charge in [0.05, 0.1) is 5.01 Å². The summed E-state index contributed by atoms with van der Waals surface area (Å²) in [6.45, 7) is 5.50. The molecule has 0 unspecified atom stereocenters. The van der Waals surface area contributed by atoms with E-state index in [1.165, 1.54) is 11.3 Å². The van der Waals surface area contributed by atoms with Gasteiger partial charge in [-0.1, -0.05) is 13.8 Å². The van der Waals surface area contributed by atoms with E-state index >= 15 is 0 Å². The van der Waals surface area contributed by atoms with Crippen LogP contribution in [0.4, 0.5) is 0 Å². The molecule has 0 aromatic carbocycles. The highest BCUT2D eigenvalue weighted by atomic mass is 32.1. The van der Waals surface area contributed by atoms with E-state index in [1.807, 2.05) is 12.4 Å². The molecule has 2 N–H and O–H groups in total. The van der Waals surface area contributed by atoms with Crippen molar-refractivity contribution in [3.05, 3.63) is 16.1 Å². The molecule has 0 atom stereocenters.